The number of hydrogen-bond donors (Lipinski definition) is 2. The number of aromatic nitrogens is 1. The number of halogens is 1. The highest BCUT2D eigenvalue weighted by atomic mass is 35.5. The highest BCUT2D eigenvalue weighted by Crippen LogP contribution is 1.98. The van der Waals surface area contributed by atoms with Gasteiger partial charge in [0, 0.05) is 18.6 Å². The molecule has 13 heavy (non-hydrogen) atoms. The Morgan fingerprint density at radius 3 is 3.00 bits per heavy atom. The Bertz CT molecular complexity index is 265. The maximum atomic E-state index is 11.1. The number of anilines is 1. The Kier molecular flexibility index (Phi) is 4.05. The number of urea groups is 1. The number of pyridine rings is 1. The monoisotopic (exact) mass is 199 g/mol. The van der Waals surface area contributed by atoms with Crippen LogP contribution in [0.15, 0.2) is 24.4 Å². The SMILES string of the molecule is O=C(NCCCl)Nc1ccccn1. The fourth-order valence-corrected chi connectivity index (χ4v) is 0.852. The van der Waals surface area contributed by atoms with Crippen molar-refractivity contribution in [2.45, 2.75) is 0 Å². The highest BCUT2D eigenvalue weighted by Gasteiger charge is 1.99. The summed E-state index contributed by atoms with van der Waals surface area (Å²) in [4.78, 5) is 15.0. The minimum absolute atomic E-state index is 0.292. The lowest BCUT2D eigenvalue weighted by molar-refractivity contribution is 0.252. The summed E-state index contributed by atoms with van der Waals surface area (Å²) >= 11 is 5.39. The molecule has 4 nitrogen and oxygen atoms in total. The number of nitrogens with zero attached hydrogens (tertiary/aromatic N) is 1. The van der Waals surface area contributed by atoms with E-state index in [1.54, 1.807) is 24.4 Å². The minimum Gasteiger partial charge on any atom is -0.337 e. The summed E-state index contributed by atoms with van der Waals surface area (Å²) in [6.07, 6.45) is 1.61. The molecule has 0 saturated heterocycles. The molecule has 0 atom stereocenters. The predicted octanol–water partition coefficient (Wildman–Crippen LogP) is 1.44. The summed E-state index contributed by atoms with van der Waals surface area (Å²) in [5, 5.41) is 5.12. The predicted molar refractivity (Wildman–Crippen MR) is 52.0 cm³/mol. The average Bonchev–Trinajstić information content (AvgIpc) is 2.16. The third kappa shape index (κ3) is 3.75. The maximum Gasteiger partial charge on any atom is 0.320 e. The van der Waals surface area contributed by atoms with Gasteiger partial charge in [-0.3, -0.25) is 5.32 Å². The van der Waals surface area contributed by atoms with E-state index >= 15 is 0 Å². The zero-order valence-electron chi connectivity index (χ0n) is 6.96. The van der Waals surface area contributed by atoms with Crippen LogP contribution in [0.5, 0.6) is 0 Å². The Morgan fingerprint density at radius 1 is 1.54 bits per heavy atom. The van der Waals surface area contributed by atoms with Crippen molar-refractivity contribution in [2.24, 2.45) is 0 Å². The second kappa shape index (κ2) is 5.37. The van der Waals surface area contributed by atoms with Crippen molar-refractivity contribution in [3.63, 3.8) is 0 Å². The molecule has 70 valence electrons. The zero-order chi connectivity index (χ0) is 9.52. The molecule has 1 rings (SSSR count). The van der Waals surface area contributed by atoms with E-state index in [1.807, 2.05) is 0 Å². The van der Waals surface area contributed by atoms with Crippen LogP contribution in [0.1, 0.15) is 0 Å². The van der Waals surface area contributed by atoms with Crippen LogP contribution >= 0.6 is 11.6 Å². The van der Waals surface area contributed by atoms with Crippen LogP contribution in [-0.4, -0.2) is 23.4 Å². The fourth-order valence-electron chi connectivity index (χ4n) is 0.758. The molecule has 0 unspecified atom stereocenters. The number of amides is 2. The lowest BCUT2D eigenvalue weighted by Crippen LogP contribution is -2.30. The molecule has 1 heterocycles. The first-order chi connectivity index (χ1) is 6.33. The molecule has 5 heteroatoms. The first-order valence-electron chi connectivity index (χ1n) is 3.85. The van der Waals surface area contributed by atoms with Gasteiger partial charge in [-0.1, -0.05) is 6.07 Å². The van der Waals surface area contributed by atoms with Crippen molar-refractivity contribution < 1.29 is 4.79 Å². The third-order valence-electron chi connectivity index (χ3n) is 1.29. The molecule has 2 amide bonds. The average molecular weight is 200 g/mol. The molecule has 0 aromatic carbocycles. The molecule has 0 aliphatic rings. The molecule has 0 bridgehead atoms. The Hall–Kier alpha value is -1.29. The van der Waals surface area contributed by atoms with Crippen LogP contribution in [0.2, 0.25) is 0 Å². The normalized spacial score (nSPS) is 9.31. The summed E-state index contributed by atoms with van der Waals surface area (Å²) in [5.74, 6) is 0.921. The van der Waals surface area contributed by atoms with Crippen LogP contribution in [0.3, 0.4) is 0 Å². The first-order valence-corrected chi connectivity index (χ1v) is 4.38. The molecule has 1 aromatic rings. The van der Waals surface area contributed by atoms with Crippen molar-refractivity contribution in [3.8, 4) is 0 Å². The molecule has 0 aliphatic heterocycles. The van der Waals surface area contributed by atoms with Gasteiger partial charge < -0.3 is 5.32 Å². The summed E-state index contributed by atoms with van der Waals surface area (Å²) in [6.45, 7) is 0.445. The van der Waals surface area contributed by atoms with Gasteiger partial charge in [-0.05, 0) is 12.1 Å². The molecule has 0 aliphatic carbocycles. The Morgan fingerprint density at radius 2 is 2.38 bits per heavy atom. The van der Waals surface area contributed by atoms with E-state index in [4.69, 9.17) is 11.6 Å². The van der Waals surface area contributed by atoms with Gasteiger partial charge in [0.05, 0.1) is 0 Å². The topological polar surface area (TPSA) is 54.0 Å². The van der Waals surface area contributed by atoms with Crippen molar-refractivity contribution >= 4 is 23.4 Å². The lowest BCUT2D eigenvalue weighted by atomic mass is 10.5. The van der Waals surface area contributed by atoms with Gasteiger partial charge in [0.15, 0.2) is 0 Å². The number of carbonyl (C=O) groups excluding carboxylic acids is 1. The highest BCUT2D eigenvalue weighted by molar-refractivity contribution is 6.18. The molecular formula is C8H10ClN3O. The molecule has 2 N–H and O–H groups in total. The smallest absolute Gasteiger partial charge is 0.320 e. The van der Waals surface area contributed by atoms with E-state index < -0.39 is 0 Å². The Labute approximate surface area is 81.3 Å². The number of alkyl halides is 1. The second-order valence-electron chi connectivity index (χ2n) is 2.28. The molecule has 0 saturated carbocycles. The quantitative estimate of drug-likeness (QED) is 0.724. The van der Waals surface area contributed by atoms with Gasteiger partial charge in [-0.15, -0.1) is 11.6 Å². The molecule has 0 radical (unpaired) electrons. The zero-order valence-corrected chi connectivity index (χ0v) is 7.71. The van der Waals surface area contributed by atoms with Gasteiger partial charge in [-0.2, -0.15) is 0 Å². The van der Waals surface area contributed by atoms with Crippen molar-refractivity contribution in [2.75, 3.05) is 17.7 Å². The van der Waals surface area contributed by atoms with Crippen molar-refractivity contribution in [1.82, 2.24) is 10.3 Å². The summed E-state index contributed by atoms with van der Waals surface area (Å²) in [5.41, 5.74) is 0. The lowest BCUT2D eigenvalue weighted by Gasteiger charge is -2.04. The van der Waals surface area contributed by atoms with E-state index in [1.165, 1.54) is 0 Å². The van der Waals surface area contributed by atoms with Crippen LogP contribution in [0.4, 0.5) is 10.6 Å². The van der Waals surface area contributed by atoms with E-state index in [9.17, 15) is 4.79 Å². The maximum absolute atomic E-state index is 11.1. The van der Waals surface area contributed by atoms with Crippen molar-refractivity contribution in [1.29, 1.82) is 0 Å². The van der Waals surface area contributed by atoms with Gasteiger partial charge in [-0.25, -0.2) is 9.78 Å². The third-order valence-corrected chi connectivity index (χ3v) is 1.48. The number of rotatable bonds is 3. The molecule has 0 spiro atoms. The second-order valence-corrected chi connectivity index (χ2v) is 2.66. The van der Waals surface area contributed by atoms with E-state index in [0.717, 1.165) is 0 Å². The summed E-state index contributed by atoms with van der Waals surface area (Å²) in [6, 6.07) is 4.99. The standard InChI is InChI=1S/C8H10ClN3O/c9-4-6-11-8(13)12-7-3-1-2-5-10-7/h1-3,5H,4,6H2,(H2,10,11,12,13). The van der Waals surface area contributed by atoms with Crippen LogP contribution in [0.25, 0.3) is 0 Å². The van der Waals surface area contributed by atoms with Crippen LogP contribution in [-0.2, 0) is 0 Å². The summed E-state index contributed by atoms with van der Waals surface area (Å²) < 4.78 is 0. The molecular weight excluding hydrogens is 190 g/mol. The fraction of sp³-hybridized carbons (Fsp3) is 0.250. The van der Waals surface area contributed by atoms with Crippen molar-refractivity contribution in [3.05, 3.63) is 24.4 Å². The molecule has 0 fully saturated rings. The van der Waals surface area contributed by atoms with Gasteiger partial charge in [0.25, 0.3) is 0 Å². The van der Waals surface area contributed by atoms with E-state index in [2.05, 4.69) is 15.6 Å². The number of nitrogens with one attached hydrogen (secondary N) is 2. The number of hydrogen-bond acceptors (Lipinski definition) is 2. The minimum atomic E-state index is -0.292. The Balaban J connectivity index is 2.37. The van der Waals surface area contributed by atoms with E-state index in [-0.39, 0.29) is 6.03 Å². The van der Waals surface area contributed by atoms with Gasteiger partial charge >= 0.3 is 6.03 Å². The molecule has 1 aromatic heterocycles. The van der Waals surface area contributed by atoms with Gasteiger partial charge in [0.1, 0.15) is 5.82 Å². The first kappa shape index (κ1) is 9.80. The largest absolute Gasteiger partial charge is 0.337 e. The van der Waals surface area contributed by atoms with Crippen LogP contribution < -0.4 is 10.6 Å². The number of carbonyl (C=O) groups is 1. The van der Waals surface area contributed by atoms with Gasteiger partial charge in [0.2, 0.25) is 0 Å². The van der Waals surface area contributed by atoms with Crippen LogP contribution in [0, 0.1) is 0 Å². The van der Waals surface area contributed by atoms with E-state index in [0.29, 0.717) is 18.2 Å². The summed E-state index contributed by atoms with van der Waals surface area (Å²) in [7, 11) is 0.